The summed E-state index contributed by atoms with van der Waals surface area (Å²) in [5.41, 5.74) is 2.56. The minimum absolute atomic E-state index is 0.0228. The predicted molar refractivity (Wildman–Crippen MR) is 109 cm³/mol. The third-order valence-electron chi connectivity index (χ3n) is 4.96. The molecule has 1 N–H and O–H groups in total. The highest BCUT2D eigenvalue weighted by atomic mass is 16.2. The fourth-order valence-electron chi connectivity index (χ4n) is 3.44. The second-order valence-electron chi connectivity index (χ2n) is 6.97. The van der Waals surface area contributed by atoms with E-state index in [0.717, 1.165) is 24.3 Å². The summed E-state index contributed by atoms with van der Waals surface area (Å²) in [6.45, 7) is 2.34. The summed E-state index contributed by atoms with van der Waals surface area (Å²) in [5.74, 6) is 0.439. The van der Waals surface area contributed by atoms with Gasteiger partial charge in [-0.25, -0.2) is 9.97 Å². The molecule has 1 fully saturated rings. The summed E-state index contributed by atoms with van der Waals surface area (Å²) in [7, 11) is 2.09. The van der Waals surface area contributed by atoms with Crippen LogP contribution < -0.4 is 5.32 Å². The summed E-state index contributed by atoms with van der Waals surface area (Å²) < 4.78 is 0. The summed E-state index contributed by atoms with van der Waals surface area (Å²) in [6, 6.07) is 19.9. The molecule has 1 aromatic heterocycles. The molecular weight excluding hydrogens is 350 g/mol. The van der Waals surface area contributed by atoms with Crippen LogP contribution in [0.15, 0.2) is 73.1 Å². The average Bonchev–Trinajstić information content (AvgIpc) is 2.75. The number of benzene rings is 2. The number of piperazine rings is 1. The standard InChI is InChI=1S/C22H23N5O/c1-26-12-13-27(20(16-26)17-8-4-2-5-9-17)21(28)18-14-23-22(24-15-18)25-19-10-6-3-7-11-19/h2-11,14-15,20H,12-13,16H2,1H3,(H,23,24,25)/t20-/m0/s1. The molecule has 6 nitrogen and oxygen atoms in total. The molecule has 3 aromatic rings. The normalized spacial score (nSPS) is 17.3. The summed E-state index contributed by atoms with van der Waals surface area (Å²) in [6.07, 6.45) is 3.20. The molecule has 2 aromatic carbocycles. The number of para-hydroxylation sites is 1. The predicted octanol–water partition coefficient (Wildman–Crippen LogP) is 3.35. The quantitative estimate of drug-likeness (QED) is 0.760. The zero-order valence-electron chi connectivity index (χ0n) is 15.8. The first-order valence-electron chi connectivity index (χ1n) is 9.39. The van der Waals surface area contributed by atoms with Crippen LogP contribution in [0.3, 0.4) is 0 Å². The summed E-state index contributed by atoms with van der Waals surface area (Å²) in [4.78, 5) is 26.0. The van der Waals surface area contributed by atoms with Crippen LogP contribution in [0, 0.1) is 0 Å². The Bertz CT molecular complexity index is 915. The minimum atomic E-state index is -0.0341. The Balaban J connectivity index is 1.52. The van der Waals surface area contributed by atoms with E-state index in [0.29, 0.717) is 18.1 Å². The Morgan fingerprint density at radius 1 is 0.964 bits per heavy atom. The number of nitrogens with zero attached hydrogens (tertiary/aromatic N) is 4. The number of likely N-dealkylation sites (N-methyl/N-ethyl adjacent to an activating group) is 1. The Kier molecular flexibility index (Phi) is 5.30. The Hall–Kier alpha value is -3.25. The molecule has 0 spiro atoms. The van der Waals surface area contributed by atoms with Gasteiger partial charge in [0.05, 0.1) is 11.6 Å². The van der Waals surface area contributed by atoms with Crippen LogP contribution in [0.5, 0.6) is 0 Å². The molecule has 0 unspecified atom stereocenters. The van der Waals surface area contributed by atoms with Gasteiger partial charge in [-0.1, -0.05) is 48.5 Å². The Labute approximate surface area is 164 Å². The van der Waals surface area contributed by atoms with Gasteiger partial charge in [0.2, 0.25) is 5.95 Å². The van der Waals surface area contributed by atoms with E-state index in [4.69, 9.17) is 0 Å². The number of nitrogens with one attached hydrogen (secondary N) is 1. The summed E-state index contributed by atoms with van der Waals surface area (Å²) in [5, 5.41) is 3.14. The van der Waals surface area contributed by atoms with E-state index in [1.54, 1.807) is 12.4 Å². The van der Waals surface area contributed by atoms with Crippen molar-refractivity contribution in [2.45, 2.75) is 6.04 Å². The lowest BCUT2D eigenvalue weighted by molar-refractivity contribution is 0.0497. The second-order valence-corrected chi connectivity index (χ2v) is 6.97. The zero-order chi connectivity index (χ0) is 19.3. The number of hydrogen-bond donors (Lipinski definition) is 1. The summed E-state index contributed by atoms with van der Waals surface area (Å²) >= 11 is 0. The fraction of sp³-hybridized carbons (Fsp3) is 0.227. The lowest BCUT2D eigenvalue weighted by atomic mass is 10.0. The van der Waals surface area contributed by atoms with Crippen LogP contribution >= 0.6 is 0 Å². The third-order valence-corrected chi connectivity index (χ3v) is 4.96. The topological polar surface area (TPSA) is 61.4 Å². The largest absolute Gasteiger partial charge is 0.329 e. The van der Waals surface area contributed by atoms with Gasteiger partial charge in [-0.15, -0.1) is 0 Å². The smallest absolute Gasteiger partial charge is 0.257 e. The maximum absolute atomic E-state index is 13.2. The van der Waals surface area contributed by atoms with Crippen LogP contribution in [0.4, 0.5) is 11.6 Å². The van der Waals surface area contributed by atoms with Crippen LogP contribution in [0.25, 0.3) is 0 Å². The van der Waals surface area contributed by atoms with Gasteiger partial charge in [0, 0.05) is 37.7 Å². The van der Waals surface area contributed by atoms with Gasteiger partial charge < -0.3 is 15.1 Å². The SMILES string of the molecule is CN1CCN(C(=O)c2cnc(Nc3ccccc3)nc2)[C@H](c2ccccc2)C1. The molecule has 6 heteroatoms. The monoisotopic (exact) mass is 373 g/mol. The van der Waals surface area contributed by atoms with Crippen molar-refractivity contribution in [2.24, 2.45) is 0 Å². The first-order chi connectivity index (χ1) is 13.7. The molecule has 1 atom stereocenters. The molecule has 0 saturated carbocycles. The molecule has 0 aliphatic carbocycles. The number of anilines is 2. The van der Waals surface area contributed by atoms with Gasteiger partial charge in [-0.2, -0.15) is 0 Å². The lowest BCUT2D eigenvalue weighted by Crippen LogP contribution is -2.49. The van der Waals surface area contributed by atoms with Gasteiger partial charge in [0.25, 0.3) is 5.91 Å². The van der Waals surface area contributed by atoms with Crippen LogP contribution in [-0.4, -0.2) is 52.4 Å². The van der Waals surface area contributed by atoms with Gasteiger partial charge >= 0.3 is 0 Å². The first-order valence-corrected chi connectivity index (χ1v) is 9.39. The molecule has 0 radical (unpaired) electrons. The van der Waals surface area contributed by atoms with Crippen molar-refractivity contribution in [3.8, 4) is 0 Å². The van der Waals surface area contributed by atoms with E-state index in [2.05, 4.69) is 39.4 Å². The van der Waals surface area contributed by atoms with E-state index in [1.807, 2.05) is 53.4 Å². The number of carbonyl (C=O) groups is 1. The molecule has 2 heterocycles. The molecule has 1 aliphatic heterocycles. The maximum atomic E-state index is 13.2. The van der Waals surface area contributed by atoms with Crippen LogP contribution in [0.2, 0.25) is 0 Å². The molecule has 1 aliphatic rings. The van der Waals surface area contributed by atoms with Gasteiger partial charge in [-0.05, 0) is 24.7 Å². The van der Waals surface area contributed by atoms with Crippen molar-refractivity contribution in [1.82, 2.24) is 19.8 Å². The van der Waals surface area contributed by atoms with Crippen molar-refractivity contribution < 1.29 is 4.79 Å². The molecule has 1 saturated heterocycles. The van der Waals surface area contributed by atoms with E-state index in [-0.39, 0.29) is 11.9 Å². The van der Waals surface area contributed by atoms with Crippen molar-refractivity contribution in [1.29, 1.82) is 0 Å². The van der Waals surface area contributed by atoms with Gasteiger partial charge in [0.15, 0.2) is 0 Å². The second kappa shape index (κ2) is 8.19. The van der Waals surface area contributed by atoms with Crippen molar-refractivity contribution in [3.63, 3.8) is 0 Å². The van der Waals surface area contributed by atoms with E-state index in [1.165, 1.54) is 0 Å². The third kappa shape index (κ3) is 4.02. The fourth-order valence-corrected chi connectivity index (χ4v) is 3.44. The van der Waals surface area contributed by atoms with Gasteiger partial charge in [0.1, 0.15) is 0 Å². The van der Waals surface area contributed by atoms with Gasteiger partial charge in [-0.3, -0.25) is 4.79 Å². The van der Waals surface area contributed by atoms with Crippen molar-refractivity contribution in [3.05, 3.63) is 84.2 Å². The molecule has 28 heavy (non-hydrogen) atoms. The number of carbonyl (C=O) groups excluding carboxylic acids is 1. The zero-order valence-corrected chi connectivity index (χ0v) is 15.8. The van der Waals surface area contributed by atoms with Crippen LogP contribution in [-0.2, 0) is 0 Å². The number of aromatic nitrogens is 2. The average molecular weight is 373 g/mol. The molecule has 142 valence electrons. The van der Waals surface area contributed by atoms with Crippen LogP contribution in [0.1, 0.15) is 22.0 Å². The maximum Gasteiger partial charge on any atom is 0.257 e. The Morgan fingerprint density at radius 2 is 1.61 bits per heavy atom. The highest BCUT2D eigenvalue weighted by Gasteiger charge is 2.31. The van der Waals surface area contributed by atoms with Crippen molar-refractivity contribution >= 4 is 17.5 Å². The minimum Gasteiger partial charge on any atom is -0.329 e. The number of amides is 1. The van der Waals surface area contributed by atoms with Crippen molar-refractivity contribution in [2.75, 3.05) is 32.0 Å². The molecule has 4 rings (SSSR count). The first kappa shape index (κ1) is 18.1. The molecule has 0 bridgehead atoms. The Morgan fingerprint density at radius 3 is 2.29 bits per heavy atom. The van der Waals surface area contributed by atoms with E-state index in [9.17, 15) is 4.79 Å². The number of hydrogen-bond acceptors (Lipinski definition) is 5. The highest BCUT2D eigenvalue weighted by Crippen LogP contribution is 2.26. The highest BCUT2D eigenvalue weighted by molar-refractivity contribution is 5.94. The van der Waals surface area contributed by atoms with E-state index < -0.39 is 0 Å². The lowest BCUT2D eigenvalue weighted by Gasteiger charge is -2.40. The molecule has 1 amide bonds. The van der Waals surface area contributed by atoms with E-state index >= 15 is 0 Å². The number of rotatable bonds is 4. The molecular formula is C22H23N5O.